The average Bonchev–Trinajstić information content (AvgIpc) is 3.93. The van der Waals surface area contributed by atoms with E-state index in [9.17, 15) is 2.74 Å². The molecule has 5 heteroatoms. The molecule has 0 bridgehead atoms. The van der Waals surface area contributed by atoms with Gasteiger partial charge in [-0.1, -0.05) is 176 Å². The van der Waals surface area contributed by atoms with E-state index in [0.29, 0.717) is 34.3 Å². The Morgan fingerprint density at radius 1 is 0.400 bits per heavy atom. The lowest BCUT2D eigenvalue weighted by molar-refractivity contribution is 0.670. The first-order valence-electron chi connectivity index (χ1n) is 22.7. The predicted octanol–water partition coefficient (Wildman–Crippen LogP) is 14.4. The fourth-order valence-corrected chi connectivity index (χ4v) is 8.43. The van der Waals surface area contributed by atoms with E-state index < -0.39 is 0 Å². The van der Waals surface area contributed by atoms with Crippen LogP contribution in [-0.2, 0) is 0 Å². The Balaban J connectivity index is 1.15. The number of fused-ring (bicyclic) bond motifs is 7. The largest absolute Gasteiger partial charge is 0.455 e. The van der Waals surface area contributed by atoms with E-state index in [0.717, 1.165) is 60.5 Å². The third-order valence-corrected chi connectivity index (χ3v) is 11.2. The first kappa shape index (κ1) is 28.3. The highest BCUT2D eigenvalue weighted by atomic mass is 16.3. The van der Waals surface area contributed by atoms with Crippen molar-refractivity contribution in [3.63, 3.8) is 0 Å². The molecule has 60 heavy (non-hydrogen) atoms. The van der Waals surface area contributed by atoms with Crippen molar-refractivity contribution in [2.45, 2.75) is 0 Å². The van der Waals surface area contributed by atoms with Crippen molar-refractivity contribution >= 4 is 54.5 Å². The molecule has 0 spiro atoms. The third-order valence-electron chi connectivity index (χ3n) is 11.2. The first-order chi connectivity index (χ1) is 32.2. The van der Waals surface area contributed by atoms with Gasteiger partial charge in [-0.25, -0.2) is 15.0 Å². The molecule has 0 atom stereocenters. The number of hydrogen-bond acceptors (Lipinski definition) is 4. The van der Waals surface area contributed by atoms with E-state index in [1.54, 1.807) is 4.57 Å². The Morgan fingerprint density at radius 2 is 0.983 bits per heavy atom. The molecular formula is C55H34N4O. The molecule has 0 unspecified atom stereocenters. The Kier molecular flexibility index (Phi) is 6.48. The van der Waals surface area contributed by atoms with Crippen molar-refractivity contribution in [3.8, 4) is 62.1 Å². The van der Waals surface area contributed by atoms with Gasteiger partial charge in [0.15, 0.2) is 17.5 Å². The summed E-state index contributed by atoms with van der Waals surface area (Å²) in [5.41, 5.74) is 8.17. The summed E-state index contributed by atoms with van der Waals surface area (Å²) >= 11 is 0. The molecule has 0 fully saturated rings. The third kappa shape index (κ3) is 5.52. The maximum atomic E-state index is 9.28. The van der Waals surface area contributed by atoms with E-state index in [-0.39, 0.29) is 58.1 Å². The van der Waals surface area contributed by atoms with Gasteiger partial charge in [-0.05, 0) is 57.7 Å². The molecule has 0 saturated heterocycles. The van der Waals surface area contributed by atoms with Gasteiger partial charge in [0.1, 0.15) is 11.2 Å². The van der Waals surface area contributed by atoms with Crippen LogP contribution < -0.4 is 0 Å². The molecule has 3 heterocycles. The predicted molar refractivity (Wildman–Crippen MR) is 246 cm³/mol. The topological polar surface area (TPSA) is 56.7 Å². The lowest BCUT2D eigenvalue weighted by Crippen LogP contribution is -2.04. The first-order valence-corrected chi connectivity index (χ1v) is 19.7. The summed E-state index contributed by atoms with van der Waals surface area (Å²) in [6, 6.07) is 53.9. The van der Waals surface area contributed by atoms with Gasteiger partial charge in [-0.2, -0.15) is 0 Å². The van der Waals surface area contributed by atoms with Crippen LogP contribution >= 0.6 is 0 Å². The zero-order chi connectivity index (χ0) is 44.8. The standard InChI is InChI=1S/C55H34N4O/c1-2-15-37(16-3-1)53-56-54(38-30-28-36(29-31-38)41-22-12-17-35-14-4-5-18-40(35)41)58-55(57-53)47-34-39(42-23-13-24-46-45-21-8-11-27-51(45)60-52(42)46)32-33-50(47)59-48-25-9-6-19-43(48)44-20-7-10-26-49(44)59/h1-34H/i6D,7D,19D,20D,25D,26D. The highest BCUT2D eigenvalue weighted by Gasteiger charge is 2.21. The number of nitrogens with zero attached hydrogens (tertiary/aromatic N) is 4. The van der Waals surface area contributed by atoms with E-state index in [1.165, 1.54) is 12.1 Å². The summed E-state index contributed by atoms with van der Waals surface area (Å²) in [6.45, 7) is 0. The van der Waals surface area contributed by atoms with Crippen LogP contribution in [0.3, 0.4) is 0 Å². The van der Waals surface area contributed by atoms with Gasteiger partial charge in [0.05, 0.1) is 24.9 Å². The zero-order valence-corrected chi connectivity index (χ0v) is 31.9. The molecule has 12 aromatic rings. The van der Waals surface area contributed by atoms with E-state index in [1.807, 2.05) is 115 Å². The molecule has 0 saturated carbocycles. The van der Waals surface area contributed by atoms with Gasteiger partial charge in [0.2, 0.25) is 0 Å². The van der Waals surface area contributed by atoms with Crippen LogP contribution in [-0.4, -0.2) is 19.5 Å². The second-order valence-electron chi connectivity index (χ2n) is 14.7. The lowest BCUT2D eigenvalue weighted by atomic mass is 9.97. The number of para-hydroxylation sites is 4. The Bertz CT molecular complexity index is 3880. The van der Waals surface area contributed by atoms with Gasteiger partial charge in [-0.15, -0.1) is 0 Å². The van der Waals surface area contributed by atoms with Gasteiger partial charge in [0, 0.05) is 43.8 Å². The van der Waals surface area contributed by atoms with Crippen LogP contribution in [0.2, 0.25) is 0 Å². The Labute approximate surface area is 353 Å². The van der Waals surface area contributed by atoms with E-state index in [2.05, 4.69) is 42.5 Å². The maximum Gasteiger partial charge on any atom is 0.166 e. The summed E-state index contributed by atoms with van der Waals surface area (Å²) in [6.07, 6.45) is 0. The molecule has 280 valence electrons. The quantitative estimate of drug-likeness (QED) is 0.169. The highest BCUT2D eigenvalue weighted by Crippen LogP contribution is 2.41. The molecule has 0 N–H and O–H groups in total. The van der Waals surface area contributed by atoms with Crippen molar-refractivity contribution in [2.75, 3.05) is 0 Å². The van der Waals surface area contributed by atoms with Gasteiger partial charge >= 0.3 is 0 Å². The van der Waals surface area contributed by atoms with Gasteiger partial charge < -0.3 is 8.98 Å². The van der Waals surface area contributed by atoms with Crippen LogP contribution in [0.5, 0.6) is 0 Å². The van der Waals surface area contributed by atoms with Crippen LogP contribution in [0.4, 0.5) is 0 Å². The van der Waals surface area contributed by atoms with Crippen LogP contribution in [0.15, 0.2) is 211 Å². The number of furan rings is 1. The molecule has 0 aliphatic heterocycles. The number of rotatable bonds is 6. The summed E-state index contributed by atoms with van der Waals surface area (Å²) in [7, 11) is 0. The van der Waals surface area contributed by atoms with E-state index in [4.69, 9.17) is 24.9 Å². The fraction of sp³-hybridized carbons (Fsp3) is 0. The van der Waals surface area contributed by atoms with Gasteiger partial charge in [0.25, 0.3) is 0 Å². The molecule has 0 aliphatic rings. The summed E-state index contributed by atoms with van der Waals surface area (Å²) < 4.78 is 62.2. The molecule has 3 aromatic heterocycles. The second kappa shape index (κ2) is 13.8. The summed E-state index contributed by atoms with van der Waals surface area (Å²) in [5.74, 6) is 1.14. The lowest BCUT2D eigenvalue weighted by Gasteiger charge is -2.16. The van der Waals surface area contributed by atoms with Crippen molar-refractivity contribution in [1.82, 2.24) is 19.5 Å². The molecule has 9 aromatic carbocycles. The molecule has 12 rings (SSSR count). The Morgan fingerprint density at radius 3 is 1.77 bits per heavy atom. The fourth-order valence-electron chi connectivity index (χ4n) is 8.43. The van der Waals surface area contributed by atoms with Gasteiger partial charge in [-0.3, -0.25) is 0 Å². The molecule has 5 nitrogen and oxygen atoms in total. The second-order valence-corrected chi connectivity index (χ2v) is 14.7. The smallest absolute Gasteiger partial charge is 0.166 e. The molecular weight excluding hydrogens is 733 g/mol. The van der Waals surface area contributed by atoms with Crippen molar-refractivity contribution in [3.05, 3.63) is 206 Å². The van der Waals surface area contributed by atoms with Crippen LogP contribution in [0.25, 0.3) is 117 Å². The average molecular weight is 773 g/mol. The number of benzene rings is 9. The molecule has 0 radical (unpaired) electrons. The van der Waals surface area contributed by atoms with Crippen LogP contribution in [0, 0.1) is 0 Å². The van der Waals surface area contributed by atoms with Crippen molar-refractivity contribution in [1.29, 1.82) is 0 Å². The van der Waals surface area contributed by atoms with Crippen molar-refractivity contribution < 1.29 is 12.6 Å². The maximum absolute atomic E-state index is 9.28. The SMILES string of the molecule is [2H]c1cc([2H])c2c(c1[2H])c1c([2H])c([2H])cc([2H])c1n2-c1ccc(-c2cccc3c2oc2ccccc23)cc1-c1nc(-c2ccccc2)nc(-c2ccc(-c3cccc4ccccc34)cc2)n1. The minimum Gasteiger partial charge on any atom is -0.455 e. The summed E-state index contributed by atoms with van der Waals surface area (Å²) in [5, 5.41) is 4.56. The normalized spacial score (nSPS) is 13.1. The molecule has 0 aliphatic carbocycles. The van der Waals surface area contributed by atoms with E-state index >= 15 is 0 Å². The highest BCUT2D eigenvalue weighted by molar-refractivity contribution is 6.11. The number of aromatic nitrogens is 4. The van der Waals surface area contributed by atoms with Crippen LogP contribution in [0.1, 0.15) is 8.22 Å². The monoisotopic (exact) mass is 772 g/mol. The zero-order valence-electron chi connectivity index (χ0n) is 37.9. The minimum absolute atomic E-state index is 0.0674. The summed E-state index contributed by atoms with van der Waals surface area (Å²) in [4.78, 5) is 15.5. The minimum atomic E-state index is -0.196. The Hall–Kier alpha value is -8.15. The van der Waals surface area contributed by atoms with Crippen molar-refractivity contribution in [2.24, 2.45) is 0 Å². The molecule has 0 amide bonds. The number of hydrogen-bond donors (Lipinski definition) is 0.